The van der Waals surface area contributed by atoms with Gasteiger partial charge < -0.3 is 10.6 Å². The molecule has 146 valence electrons. The Balaban J connectivity index is 2.10. The van der Waals surface area contributed by atoms with E-state index in [4.69, 9.17) is 23.2 Å². The van der Waals surface area contributed by atoms with Crippen molar-refractivity contribution in [2.45, 2.75) is 19.8 Å². The lowest BCUT2D eigenvalue weighted by Crippen LogP contribution is -2.12. The molecule has 0 fully saturated rings. The molecule has 2 rings (SSSR count). The van der Waals surface area contributed by atoms with Gasteiger partial charge in [-0.05, 0) is 42.3 Å². The van der Waals surface area contributed by atoms with E-state index in [2.05, 4.69) is 10.6 Å². The fourth-order valence-electron chi connectivity index (χ4n) is 2.27. The summed E-state index contributed by atoms with van der Waals surface area (Å²) >= 11 is 11.8. The van der Waals surface area contributed by atoms with Crippen molar-refractivity contribution in [3.63, 3.8) is 0 Å². The second kappa shape index (κ2) is 9.87. The molecule has 2 amide bonds. The molecule has 0 aromatic heterocycles. The van der Waals surface area contributed by atoms with Gasteiger partial charge in [0.25, 0.3) is 5.69 Å². The predicted molar refractivity (Wildman–Crippen MR) is 111 cm³/mol. The van der Waals surface area contributed by atoms with Crippen LogP contribution in [0, 0.1) is 10.1 Å². The number of rotatable bonds is 7. The van der Waals surface area contributed by atoms with Crippen LogP contribution < -0.4 is 10.6 Å². The predicted octanol–water partition coefficient (Wildman–Crippen LogP) is 5.29. The van der Waals surface area contributed by atoms with Gasteiger partial charge in [0, 0.05) is 24.3 Å². The molecular formula is C19H17Cl2N3O4. The zero-order chi connectivity index (χ0) is 20.7. The topological polar surface area (TPSA) is 101 Å². The second-order valence-corrected chi connectivity index (χ2v) is 6.60. The Morgan fingerprint density at radius 3 is 2.50 bits per heavy atom. The molecular weight excluding hydrogens is 405 g/mol. The first-order valence-corrected chi connectivity index (χ1v) is 9.08. The van der Waals surface area contributed by atoms with E-state index in [1.165, 1.54) is 24.3 Å². The fraction of sp³-hybridized carbons (Fsp3) is 0.158. The third-order valence-electron chi connectivity index (χ3n) is 3.58. The van der Waals surface area contributed by atoms with Crippen LogP contribution in [0.1, 0.15) is 25.3 Å². The quantitative estimate of drug-likeness (QED) is 0.360. The number of carbonyl (C=O) groups excluding carboxylic acids is 2. The minimum Gasteiger partial charge on any atom is -0.326 e. The van der Waals surface area contributed by atoms with Crippen LogP contribution in [-0.2, 0) is 9.59 Å². The fourth-order valence-corrected chi connectivity index (χ4v) is 2.62. The van der Waals surface area contributed by atoms with Gasteiger partial charge in [-0.15, -0.1) is 0 Å². The van der Waals surface area contributed by atoms with Crippen molar-refractivity contribution < 1.29 is 14.5 Å². The average Bonchev–Trinajstić information content (AvgIpc) is 2.63. The highest BCUT2D eigenvalue weighted by molar-refractivity contribution is 6.34. The summed E-state index contributed by atoms with van der Waals surface area (Å²) in [4.78, 5) is 34.2. The third kappa shape index (κ3) is 6.07. The Morgan fingerprint density at radius 2 is 1.82 bits per heavy atom. The number of amides is 2. The van der Waals surface area contributed by atoms with Gasteiger partial charge in [0.05, 0.1) is 15.6 Å². The lowest BCUT2D eigenvalue weighted by molar-refractivity contribution is -0.384. The number of hydrogen-bond acceptors (Lipinski definition) is 4. The van der Waals surface area contributed by atoms with Gasteiger partial charge in [0.15, 0.2) is 0 Å². The van der Waals surface area contributed by atoms with Gasteiger partial charge in [-0.1, -0.05) is 36.2 Å². The Morgan fingerprint density at radius 1 is 1.11 bits per heavy atom. The van der Waals surface area contributed by atoms with E-state index >= 15 is 0 Å². The summed E-state index contributed by atoms with van der Waals surface area (Å²) in [7, 11) is 0. The monoisotopic (exact) mass is 421 g/mol. The Bertz CT molecular complexity index is 945. The van der Waals surface area contributed by atoms with Crippen molar-refractivity contribution in [1.29, 1.82) is 0 Å². The largest absolute Gasteiger partial charge is 0.326 e. The highest BCUT2D eigenvalue weighted by Crippen LogP contribution is 2.27. The minimum atomic E-state index is -0.599. The molecule has 7 nitrogen and oxygen atoms in total. The van der Waals surface area contributed by atoms with E-state index in [0.717, 1.165) is 6.42 Å². The molecule has 0 radical (unpaired) electrons. The first kappa shape index (κ1) is 21.4. The molecule has 9 heteroatoms. The second-order valence-electron chi connectivity index (χ2n) is 5.78. The summed E-state index contributed by atoms with van der Waals surface area (Å²) < 4.78 is 0. The van der Waals surface area contributed by atoms with Crippen LogP contribution in [0.2, 0.25) is 10.0 Å². The molecule has 28 heavy (non-hydrogen) atoms. The average molecular weight is 422 g/mol. The van der Waals surface area contributed by atoms with Crippen molar-refractivity contribution in [3.05, 3.63) is 68.2 Å². The Labute approximate surface area is 171 Å². The number of benzene rings is 2. The SMILES string of the molecule is CCCC(=O)Nc1ccc(Cl)c(NC(=O)/C=C/c2ccc(Cl)c([N+](=O)[O-])c2)c1. The van der Waals surface area contributed by atoms with Crippen LogP contribution in [0.5, 0.6) is 0 Å². The van der Waals surface area contributed by atoms with Gasteiger partial charge in [-0.3, -0.25) is 19.7 Å². The molecule has 2 aromatic rings. The normalized spacial score (nSPS) is 10.7. The maximum absolute atomic E-state index is 12.2. The number of halogens is 2. The van der Waals surface area contributed by atoms with E-state index in [-0.39, 0.29) is 16.6 Å². The number of nitro benzene ring substituents is 1. The molecule has 0 aliphatic heterocycles. The van der Waals surface area contributed by atoms with E-state index in [1.807, 2.05) is 6.92 Å². The smallest absolute Gasteiger partial charge is 0.288 e. The minimum absolute atomic E-state index is 0.0142. The van der Waals surface area contributed by atoms with Crippen LogP contribution in [0.4, 0.5) is 17.1 Å². The summed E-state index contributed by atoms with van der Waals surface area (Å²) in [6.07, 6.45) is 3.74. The molecule has 0 unspecified atom stereocenters. The number of carbonyl (C=O) groups is 2. The summed E-state index contributed by atoms with van der Waals surface area (Å²) in [5.41, 5.74) is 1.03. The lowest BCUT2D eigenvalue weighted by atomic mass is 10.2. The standard InChI is InChI=1S/C19H17Cl2N3O4/c1-2-3-18(25)22-13-6-8-14(20)16(11-13)23-19(26)9-5-12-4-7-15(21)17(10-12)24(27)28/h4-11H,2-3H2,1H3,(H,22,25)(H,23,26)/b9-5+. The lowest BCUT2D eigenvalue weighted by Gasteiger charge is -2.09. The zero-order valence-electron chi connectivity index (χ0n) is 14.9. The van der Waals surface area contributed by atoms with Gasteiger partial charge in [-0.2, -0.15) is 0 Å². The van der Waals surface area contributed by atoms with Crippen LogP contribution in [0.25, 0.3) is 6.08 Å². The molecule has 0 spiro atoms. The number of anilines is 2. The summed E-state index contributed by atoms with van der Waals surface area (Å²) in [6.45, 7) is 1.90. The maximum atomic E-state index is 12.2. The number of nitrogens with zero attached hydrogens (tertiary/aromatic N) is 1. The summed E-state index contributed by atoms with van der Waals surface area (Å²) in [6, 6.07) is 8.95. The molecule has 0 saturated carbocycles. The van der Waals surface area contributed by atoms with Crippen LogP contribution in [-0.4, -0.2) is 16.7 Å². The molecule has 0 atom stereocenters. The third-order valence-corrected chi connectivity index (χ3v) is 4.23. The molecule has 0 aliphatic carbocycles. The summed E-state index contributed by atoms with van der Waals surface area (Å²) in [5, 5.41) is 16.6. The number of nitro groups is 1. The Kier molecular flexibility index (Phi) is 7.54. The number of nitrogens with one attached hydrogen (secondary N) is 2. The van der Waals surface area contributed by atoms with Crippen LogP contribution in [0.15, 0.2) is 42.5 Å². The number of hydrogen-bond donors (Lipinski definition) is 2. The van der Waals surface area contributed by atoms with Crippen molar-refractivity contribution >= 4 is 58.2 Å². The van der Waals surface area contributed by atoms with E-state index in [0.29, 0.717) is 28.4 Å². The molecule has 0 heterocycles. The molecule has 2 N–H and O–H groups in total. The molecule has 0 saturated heterocycles. The molecule has 0 bridgehead atoms. The first-order valence-electron chi connectivity index (χ1n) is 8.32. The van der Waals surface area contributed by atoms with E-state index in [9.17, 15) is 19.7 Å². The van der Waals surface area contributed by atoms with Gasteiger partial charge in [0.1, 0.15) is 5.02 Å². The van der Waals surface area contributed by atoms with E-state index in [1.54, 1.807) is 24.3 Å². The van der Waals surface area contributed by atoms with Gasteiger partial charge >= 0.3 is 0 Å². The van der Waals surface area contributed by atoms with E-state index < -0.39 is 10.8 Å². The van der Waals surface area contributed by atoms with Crippen LogP contribution >= 0.6 is 23.2 Å². The van der Waals surface area contributed by atoms with Crippen molar-refractivity contribution in [2.75, 3.05) is 10.6 Å². The van der Waals surface area contributed by atoms with Crippen molar-refractivity contribution in [3.8, 4) is 0 Å². The maximum Gasteiger partial charge on any atom is 0.288 e. The van der Waals surface area contributed by atoms with Crippen molar-refractivity contribution in [1.82, 2.24) is 0 Å². The summed E-state index contributed by atoms with van der Waals surface area (Å²) in [5.74, 6) is -0.622. The zero-order valence-corrected chi connectivity index (χ0v) is 16.4. The van der Waals surface area contributed by atoms with Gasteiger partial charge in [0.2, 0.25) is 11.8 Å². The van der Waals surface area contributed by atoms with Crippen LogP contribution in [0.3, 0.4) is 0 Å². The van der Waals surface area contributed by atoms with Gasteiger partial charge in [-0.25, -0.2) is 0 Å². The molecule has 2 aromatic carbocycles. The molecule has 0 aliphatic rings. The first-order chi connectivity index (χ1) is 13.3. The van der Waals surface area contributed by atoms with Crippen molar-refractivity contribution in [2.24, 2.45) is 0 Å². The highest BCUT2D eigenvalue weighted by atomic mass is 35.5. The highest BCUT2D eigenvalue weighted by Gasteiger charge is 2.12. The Hall–Kier alpha value is -2.90.